The normalized spacial score (nSPS) is 18.2. The molecule has 1 aromatic heterocycles. The molecule has 3 rings (SSSR count). The van der Waals surface area contributed by atoms with Crippen LogP contribution in [0.1, 0.15) is 12.5 Å². The topological polar surface area (TPSA) is 48.5 Å². The molecule has 1 fully saturated rings. The number of aryl methyl sites for hydroxylation is 1. The van der Waals surface area contributed by atoms with Crippen LogP contribution in [0, 0.1) is 6.92 Å². The molecule has 2 aromatic rings. The highest BCUT2D eigenvalue weighted by atomic mass is 79.9. The van der Waals surface area contributed by atoms with Gasteiger partial charge in [-0.25, -0.2) is 4.98 Å². The number of piperazine rings is 1. The number of rotatable bonds is 4. The van der Waals surface area contributed by atoms with Gasteiger partial charge in [0, 0.05) is 42.0 Å². The Labute approximate surface area is 157 Å². The van der Waals surface area contributed by atoms with Crippen molar-refractivity contribution in [2.24, 2.45) is 0 Å². The summed E-state index contributed by atoms with van der Waals surface area (Å²) in [5.74, 6) is 0.561. The van der Waals surface area contributed by atoms with E-state index in [0.717, 1.165) is 24.1 Å². The zero-order valence-corrected chi connectivity index (χ0v) is 16.2. The Bertz CT molecular complexity index is 717. The molecule has 25 heavy (non-hydrogen) atoms. The number of pyridine rings is 1. The standard InChI is InChI=1S/C19H23BrN4O/c1-14-3-6-17(7-4-14)24-10-9-23(12-15(24)2)13-19(25)22-18-8-5-16(20)11-21-18/h3-8,11,15H,9-10,12-13H2,1-2H3,(H,21,22,25). The predicted octanol–water partition coefficient (Wildman–Crippen LogP) is 3.30. The van der Waals surface area contributed by atoms with Crippen LogP contribution in [0.25, 0.3) is 0 Å². The van der Waals surface area contributed by atoms with Gasteiger partial charge in [0.1, 0.15) is 5.82 Å². The Morgan fingerprint density at radius 2 is 2.00 bits per heavy atom. The van der Waals surface area contributed by atoms with Gasteiger partial charge in [-0.2, -0.15) is 0 Å². The fourth-order valence-corrected chi connectivity index (χ4v) is 3.37. The van der Waals surface area contributed by atoms with Crippen molar-refractivity contribution in [3.05, 3.63) is 52.6 Å². The van der Waals surface area contributed by atoms with Gasteiger partial charge in [0.05, 0.1) is 6.54 Å². The molecule has 0 spiro atoms. The van der Waals surface area contributed by atoms with Crippen LogP contribution in [0.2, 0.25) is 0 Å². The van der Waals surface area contributed by atoms with E-state index in [2.05, 4.69) is 74.1 Å². The number of hydrogen-bond donors (Lipinski definition) is 1. The number of anilines is 2. The summed E-state index contributed by atoms with van der Waals surface area (Å²) in [5.41, 5.74) is 2.52. The van der Waals surface area contributed by atoms with E-state index in [4.69, 9.17) is 0 Å². The second-order valence-electron chi connectivity index (χ2n) is 6.52. The number of aromatic nitrogens is 1. The molecule has 1 unspecified atom stereocenters. The maximum absolute atomic E-state index is 12.2. The Morgan fingerprint density at radius 1 is 1.24 bits per heavy atom. The average molecular weight is 403 g/mol. The maximum Gasteiger partial charge on any atom is 0.239 e. The van der Waals surface area contributed by atoms with Gasteiger partial charge in [0.25, 0.3) is 0 Å². The minimum absolute atomic E-state index is 0.0224. The van der Waals surface area contributed by atoms with Crippen LogP contribution in [0.4, 0.5) is 11.5 Å². The number of carbonyl (C=O) groups is 1. The summed E-state index contributed by atoms with van der Waals surface area (Å²) in [4.78, 5) is 21.0. The van der Waals surface area contributed by atoms with Gasteiger partial charge in [-0.15, -0.1) is 0 Å². The molecule has 0 radical (unpaired) electrons. The van der Waals surface area contributed by atoms with E-state index < -0.39 is 0 Å². The zero-order valence-electron chi connectivity index (χ0n) is 14.6. The summed E-state index contributed by atoms with van der Waals surface area (Å²) in [7, 11) is 0. The van der Waals surface area contributed by atoms with Gasteiger partial charge in [0.2, 0.25) is 5.91 Å². The zero-order chi connectivity index (χ0) is 17.8. The van der Waals surface area contributed by atoms with Crippen LogP contribution in [0.5, 0.6) is 0 Å². The molecule has 1 aromatic carbocycles. The third kappa shape index (κ3) is 4.80. The molecule has 2 heterocycles. The van der Waals surface area contributed by atoms with Crippen molar-refractivity contribution in [1.29, 1.82) is 0 Å². The smallest absolute Gasteiger partial charge is 0.239 e. The molecule has 0 saturated carbocycles. The molecule has 1 aliphatic rings. The number of benzene rings is 1. The second kappa shape index (κ2) is 7.97. The largest absolute Gasteiger partial charge is 0.366 e. The Balaban J connectivity index is 1.53. The van der Waals surface area contributed by atoms with E-state index in [1.807, 2.05) is 6.07 Å². The first-order valence-corrected chi connectivity index (χ1v) is 9.27. The lowest BCUT2D eigenvalue weighted by Crippen LogP contribution is -2.53. The molecule has 0 aliphatic carbocycles. The van der Waals surface area contributed by atoms with Crippen LogP contribution < -0.4 is 10.2 Å². The van der Waals surface area contributed by atoms with Crippen LogP contribution in [-0.4, -0.2) is 48.0 Å². The monoisotopic (exact) mass is 402 g/mol. The molecule has 1 amide bonds. The lowest BCUT2D eigenvalue weighted by Gasteiger charge is -2.41. The summed E-state index contributed by atoms with van der Waals surface area (Å²) in [6.45, 7) is 7.37. The van der Waals surface area contributed by atoms with Crippen molar-refractivity contribution in [2.45, 2.75) is 19.9 Å². The second-order valence-corrected chi connectivity index (χ2v) is 7.44. The van der Waals surface area contributed by atoms with Gasteiger partial charge < -0.3 is 10.2 Å². The number of halogens is 1. The molecular formula is C19H23BrN4O. The third-order valence-electron chi connectivity index (χ3n) is 4.44. The predicted molar refractivity (Wildman–Crippen MR) is 105 cm³/mol. The third-order valence-corrected chi connectivity index (χ3v) is 4.91. The first-order chi connectivity index (χ1) is 12.0. The van der Waals surface area contributed by atoms with Crippen molar-refractivity contribution in [3.8, 4) is 0 Å². The van der Waals surface area contributed by atoms with E-state index in [-0.39, 0.29) is 5.91 Å². The highest BCUT2D eigenvalue weighted by Gasteiger charge is 2.25. The molecule has 1 aliphatic heterocycles. The summed E-state index contributed by atoms with van der Waals surface area (Å²) in [5, 5.41) is 2.85. The maximum atomic E-state index is 12.2. The van der Waals surface area contributed by atoms with Crippen LogP contribution in [0.3, 0.4) is 0 Å². The van der Waals surface area contributed by atoms with Crippen LogP contribution >= 0.6 is 15.9 Å². The van der Waals surface area contributed by atoms with Crippen LogP contribution in [0.15, 0.2) is 47.1 Å². The molecule has 132 valence electrons. The molecule has 5 nitrogen and oxygen atoms in total. The highest BCUT2D eigenvalue weighted by Crippen LogP contribution is 2.21. The van der Waals surface area contributed by atoms with Gasteiger partial charge in [-0.3, -0.25) is 9.69 Å². The number of nitrogens with zero attached hydrogens (tertiary/aromatic N) is 3. The van der Waals surface area contributed by atoms with E-state index in [1.165, 1.54) is 11.3 Å². The minimum atomic E-state index is -0.0224. The SMILES string of the molecule is Cc1ccc(N2CCN(CC(=O)Nc3ccc(Br)cn3)CC2C)cc1. The fraction of sp³-hybridized carbons (Fsp3) is 0.368. The van der Waals surface area contributed by atoms with Gasteiger partial charge in [0.15, 0.2) is 0 Å². The average Bonchev–Trinajstić information content (AvgIpc) is 2.58. The number of amides is 1. The summed E-state index contributed by atoms with van der Waals surface area (Å²) >= 11 is 3.34. The molecule has 1 saturated heterocycles. The van der Waals surface area contributed by atoms with Crippen molar-refractivity contribution in [3.63, 3.8) is 0 Å². The van der Waals surface area contributed by atoms with E-state index in [1.54, 1.807) is 12.3 Å². The summed E-state index contributed by atoms with van der Waals surface area (Å²) < 4.78 is 0.895. The highest BCUT2D eigenvalue weighted by molar-refractivity contribution is 9.10. The van der Waals surface area contributed by atoms with Crippen LogP contribution in [-0.2, 0) is 4.79 Å². The van der Waals surface area contributed by atoms with Gasteiger partial charge in [-0.1, -0.05) is 17.7 Å². The number of hydrogen-bond acceptors (Lipinski definition) is 4. The summed E-state index contributed by atoms with van der Waals surface area (Å²) in [6, 6.07) is 12.7. The molecular weight excluding hydrogens is 380 g/mol. The first-order valence-electron chi connectivity index (χ1n) is 8.48. The fourth-order valence-electron chi connectivity index (χ4n) is 3.13. The van der Waals surface area contributed by atoms with Crippen molar-refractivity contribution >= 4 is 33.3 Å². The number of nitrogens with one attached hydrogen (secondary N) is 1. The van der Waals surface area contributed by atoms with Gasteiger partial charge >= 0.3 is 0 Å². The summed E-state index contributed by atoms with van der Waals surface area (Å²) in [6.07, 6.45) is 1.68. The lowest BCUT2D eigenvalue weighted by atomic mass is 10.1. The Morgan fingerprint density at radius 3 is 2.64 bits per heavy atom. The van der Waals surface area contributed by atoms with Crippen molar-refractivity contribution < 1.29 is 4.79 Å². The molecule has 1 N–H and O–H groups in total. The van der Waals surface area contributed by atoms with Crippen molar-refractivity contribution in [2.75, 3.05) is 36.4 Å². The quantitative estimate of drug-likeness (QED) is 0.851. The minimum Gasteiger partial charge on any atom is -0.366 e. The van der Waals surface area contributed by atoms with E-state index >= 15 is 0 Å². The molecule has 6 heteroatoms. The van der Waals surface area contributed by atoms with E-state index in [9.17, 15) is 4.79 Å². The number of carbonyl (C=O) groups excluding carboxylic acids is 1. The van der Waals surface area contributed by atoms with Gasteiger partial charge in [-0.05, 0) is 54.0 Å². The molecule has 1 atom stereocenters. The van der Waals surface area contributed by atoms with Crippen molar-refractivity contribution in [1.82, 2.24) is 9.88 Å². The van der Waals surface area contributed by atoms with E-state index in [0.29, 0.717) is 18.4 Å². The Kier molecular flexibility index (Phi) is 5.71. The molecule has 0 bridgehead atoms. The lowest BCUT2D eigenvalue weighted by molar-refractivity contribution is -0.117. The first kappa shape index (κ1) is 17.9. The Hall–Kier alpha value is -1.92.